The SMILES string of the molecule is O=C(Nc1ccc(-c2nc3ncccc3o2)cc1)c1ccc(-c2cccc(Cl)c2Cl)o1. The minimum atomic E-state index is -0.386. The highest BCUT2D eigenvalue weighted by Gasteiger charge is 2.16. The molecule has 1 amide bonds. The fourth-order valence-electron chi connectivity index (χ4n) is 3.08. The Labute approximate surface area is 186 Å². The zero-order valence-electron chi connectivity index (χ0n) is 15.8. The monoisotopic (exact) mass is 449 g/mol. The summed E-state index contributed by atoms with van der Waals surface area (Å²) in [6.45, 7) is 0. The smallest absolute Gasteiger partial charge is 0.291 e. The van der Waals surface area contributed by atoms with Crippen molar-refractivity contribution >= 4 is 46.0 Å². The van der Waals surface area contributed by atoms with Gasteiger partial charge in [0.05, 0.1) is 10.0 Å². The van der Waals surface area contributed by atoms with Gasteiger partial charge in [0, 0.05) is 23.0 Å². The van der Waals surface area contributed by atoms with Gasteiger partial charge in [0.1, 0.15) is 5.76 Å². The van der Waals surface area contributed by atoms with E-state index in [4.69, 9.17) is 32.0 Å². The summed E-state index contributed by atoms with van der Waals surface area (Å²) in [5.41, 5.74) is 3.14. The molecule has 31 heavy (non-hydrogen) atoms. The van der Waals surface area contributed by atoms with Crippen molar-refractivity contribution in [1.29, 1.82) is 0 Å². The number of anilines is 1. The van der Waals surface area contributed by atoms with Gasteiger partial charge in [-0.25, -0.2) is 4.98 Å². The summed E-state index contributed by atoms with van der Waals surface area (Å²) < 4.78 is 11.4. The van der Waals surface area contributed by atoms with Crippen molar-refractivity contribution in [2.24, 2.45) is 0 Å². The van der Waals surface area contributed by atoms with Crippen LogP contribution >= 0.6 is 23.2 Å². The molecule has 0 saturated carbocycles. The van der Waals surface area contributed by atoms with Gasteiger partial charge in [0.25, 0.3) is 5.91 Å². The Morgan fingerprint density at radius 2 is 1.74 bits per heavy atom. The van der Waals surface area contributed by atoms with Gasteiger partial charge in [0.2, 0.25) is 5.89 Å². The van der Waals surface area contributed by atoms with Gasteiger partial charge in [-0.3, -0.25) is 4.79 Å². The molecule has 0 aliphatic heterocycles. The summed E-state index contributed by atoms with van der Waals surface area (Å²) in [4.78, 5) is 21.1. The second-order valence-corrected chi connectivity index (χ2v) is 7.43. The largest absolute Gasteiger partial charge is 0.451 e. The van der Waals surface area contributed by atoms with Crippen LogP contribution in [0.25, 0.3) is 34.0 Å². The molecule has 0 spiro atoms. The minimum Gasteiger partial charge on any atom is -0.451 e. The van der Waals surface area contributed by atoms with E-state index in [1.807, 2.05) is 6.07 Å². The first kappa shape index (κ1) is 19.4. The zero-order valence-corrected chi connectivity index (χ0v) is 17.3. The van der Waals surface area contributed by atoms with E-state index < -0.39 is 0 Å². The molecule has 152 valence electrons. The number of amides is 1. The molecular formula is C23H13Cl2N3O3. The standard InChI is InChI=1S/C23H13Cl2N3O3/c24-16-4-1-3-15(20(16)25)17-10-11-19(30-17)22(29)27-14-8-6-13(7-9-14)23-28-21-18(31-23)5-2-12-26-21/h1-12H,(H,27,29). The Hall–Kier alpha value is -3.61. The van der Waals surface area contributed by atoms with Crippen LogP contribution in [0.5, 0.6) is 0 Å². The second-order valence-electron chi connectivity index (χ2n) is 6.64. The van der Waals surface area contributed by atoms with E-state index in [-0.39, 0.29) is 11.7 Å². The topological polar surface area (TPSA) is 81.2 Å². The molecule has 3 heterocycles. The average molecular weight is 450 g/mol. The lowest BCUT2D eigenvalue weighted by molar-refractivity contribution is 0.0997. The van der Waals surface area contributed by atoms with E-state index >= 15 is 0 Å². The predicted molar refractivity (Wildman–Crippen MR) is 119 cm³/mol. The number of benzene rings is 2. The van der Waals surface area contributed by atoms with Gasteiger partial charge in [-0.05, 0) is 60.7 Å². The molecule has 3 aromatic heterocycles. The second kappa shape index (κ2) is 7.91. The van der Waals surface area contributed by atoms with Crippen LogP contribution in [0.15, 0.2) is 81.8 Å². The highest BCUT2D eigenvalue weighted by Crippen LogP contribution is 2.34. The number of oxazole rings is 1. The Bertz CT molecular complexity index is 1370. The molecule has 0 bridgehead atoms. The molecule has 5 aromatic rings. The number of carbonyl (C=O) groups excluding carboxylic acids is 1. The Morgan fingerprint density at radius 1 is 0.903 bits per heavy atom. The van der Waals surface area contributed by atoms with Crippen LogP contribution in [0.4, 0.5) is 5.69 Å². The molecule has 8 heteroatoms. The molecule has 0 atom stereocenters. The summed E-state index contributed by atoms with van der Waals surface area (Å²) in [5.74, 6) is 0.682. The number of aromatic nitrogens is 2. The van der Waals surface area contributed by atoms with E-state index in [1.165, 1.54) is 0 Å². The number of rotatable bonds is 4. The van der Waals surface area contributed by atoms with Crippen LogP contribution in [0.3, 0.4) is 0 Å². The maximum absolute atomic E-state index is 12.6. The summed E-state index contributed by atoms with van der Waals surface area (Å²) in [7, 11) is 0. The first-order valence-electron chi connectivity index (χ1n) is 9.26. The van der Waals surface area contributed by atoms with Crippen molar-refractivity contribution in [3.05, 3.63) is 88.7 Å². The maximum Gasteiger partial charge on any atom is 0.291 e. The molecule has 1 N–H and O–H groups in total. The lowest BCUT2D eigenvalue weighted by Crippen LogP contribution is -2.10. The van der Waals surface area contributed by atoms with E-state index in [2.05, 4.69) is 15.3 Å². The number of hydrogen-bond donors (Lipinski definition) is 1. The first-order chi connectivity index (χ1) is 15.1. The Balaban J connectivity index is 1.33. The van der Waals surface area contributed by atoms with Gasteiger partial charge in [-0.15, -0.1) is 0 Å². The summed E-state index contributed by atoms with van der Waals surface area (Å²) in [6.07, 6.45) is 1.66. The minimum absolute atomic E-state index is 0.153. The van der Waals surface area contributed by atoms with E-state index in [1.54, 1.807) is 66.9 Å². The van der Waals surface area contributed by atoms with E-state index in [0.717, 1.165) is 5.56 Å². The van der Waals surface area contributed by atoms with Crippen molar-refractivity contribution in [2.75, 3.05) is 5.32 Å². The number of furan rings is 1. The molecule has 0 saturated heterocycles. The lowest BCUT2D eigenvalue weighted by Gasteiger charge is -2.05. The average Bonchev–Trinajstić information content (AvgIpc) is 3.43. The molecule has 0 radical (unpaired) electrons. The van der Waals surface area contributed by atoms with Crippen LogP contribution in [0, 0.1) is 0 Å². The third-order valence-corrected chi connectivity index (χ3v) is 5.42. The van der Waals surface area contributed by atoms with Crippen molar-refractivity contribution in [1.82, 2.24) is 9.97 Å². The number of nitrogens with one attached hydrogen (secondary N) is 1. The van der Waals surface area contributed by atoms with E-state index in [0.29, 0.717) is 44.2 Å². The molecule has 0 fully saturated rings. The highest BCUT2D eigenvalue weighted by atomic mass is 35.5. The number of hydrogen-bond acceptors (Lipinski definition) is 5. The number of nitrogens with zero attached hydrogens (tertiary/aromatic N) is 2. The highest BCUT2D eigenvalue weighted by molar-refractivity contribution is 6.43. The van der Waals surface area contributed by atoms with Crippen molar-refractivity contribution in [3.63, 3.8) is 0 Å². The quantitative estimate of drug-likeness (QED) is 0.329. The maximum atomic E-state index is 12.6. The third-order valence-electron chi connectivity index (χ3n) is 4.60. The number of carbonyl (C=O) groups is 1. The summed E-state index contributed by atoms with van der Waals surface area (Å²) in [6, 6.07) is 19.2. The van der Waals surface area contributed by atoms with Crippen LogP contribution < -0.4 is 5.32 Å². The van der Waals surface area contributed by atoms with Crippen molar-refractivity contribution < 1.29 is 13.6 Å². The van der Waals surface area contributed by atoms with E-state index in [9.17, 15) is 4.79 Å². The fourth-order valence-corrected chi connectivity index (χ4v) is 3.47. The molecule has 0 aliphatic carbocycles. The molecule has 5 rings (SSSR count). The van der Waals surface area contributed by atoms with Crippen LogP contribution in [-0.4, -0.2) is 15.9 Å². The van der Waals surface area contributed by atoms with Gasteiger partial charge in [0.15, 0.2) is 17.0 Å². The van der Waals surface area contributed by atoms with Crippen molar-refractivity contribution in [2.45, 2.75) is 0 Å². The number of fused-ring (bicyclic) bond motifs is 1. The summed E-state index contributed by atoms with van der Waals surface area (Å²) in [5, 5.41) is 3.58. The fraction of sp³-hybridized carbons (Fsp3) is 0. The number of pyridine rings is 1. The number of halogens is 2. The van der Waals surface area contributed by atoms with Gasteiger partial charge in [-0.2, -0.15) is 4.98 Å². The van der Waals surface area contributed by atoms with Crippen LogP contribution in [0.1, 0.15) is 10.6 Å². The van der Waals surface area contributed by atoms with Gasteiger partial charge >= 0.3 is 0 Å². The molecule has 2 aromatic carbocycles. The van der Waals surface area contributed by atoms with Gasteiger partial charge < -0.3 is 14.2 Å². The predicted octanol–water partition coefficient (Wildman–Crippen LogP) is 6.71. The Morgan fingerprint density at radius 3 is 2.55 bits per heavy atom. The summed E-state index contributed by atoms with van der Waals surface area (Å²) >= 11 is 12.3. The molecule has 0 aliphatic rings. The lowest BCUT2D eigenvalue weighted by atomic mass is 10.2. The van der Waals surface area contributed by atoms with Crippen molar-refractivity contribution in [3.8, 4) is 22.8 Å². The first-order valence-corrected chi connectivity index (χ1v) is 10.0. The van der Waals surface area contributed by atoms with Crippen LogP contribution in [-0.2, 0) is 0 Å². The molecular weight excluding hydrogens is 437 g/mol. The zero-order chi connectivity index (χ0) is 21.4. The molecule has 6 nitrogen and oxygen atoms in total. The van der Waals surface area contributed by atoms with Crippen LogP contribution in [0.2, 0.25) is 10.0 Å². The Kier molecular flexibility index (Phi) is 4.94. The molecule has 0 unspecified atom stereocenters. The van der Waals surface area contributed by atoms with Gasteiger partial charge in [-0.1, -0.05) is 29.3 Å². The normalized spacial score (nSPS) is 11.0. The third kappa shape index (κ3) is 3.79.